The van der Waals surface area contributed by atoms with E-state index >= 15 is 0 Å². The van der Waals surface area contributed by atoms with Gasteiger partial charge in [0.1, 0.15) is 0 Å². The molecule has 0 N–H and O–H groups in total. The van der Waals surface area contributed by atoms with Crippen LogP contribution in [0.2, 0.25) is 7.25 Å². The molecule has 0 amide bonds. The van der Waals surface area contributed by atoms with Crippen molar-refractivity contribution < 1.29 is 45.1 Å². The summed E-state index contributed by atoms with van der Waals surface area (Å²) in [5.41, 5.74) is 19.6. The summed E-state index contributed by atoms with van der Waals surface area (Å²) in [5.74, 6) is 1.55. The Morgan fingerprint density at radius 1 is 0.439 bits per heavy atom. The first-order chi connectivity index (χ1) is 26.5. The number of rotatable bonds is 6. The van der Waals surface area contributed by atoms with Gasteiger partial charge in [-0.2, -0.15) is 0 Å². The maximum Gasteiger partial charge on any atom is -1.00 e. The van der Waals surface area contributed by atoms with Gasteiger partial charge in [-0.05, 0) is 0 Å². The average molecular weight is 875 g/mol. The molecule has 0 radical (unpaired) electrons. The molecule has 57 heavy (non-hydrogen) atoms. The molecule has 298 valence electrons. The van der Waals surface area contributed by atoms with Gasteiger partial charge in [-0.1, -0.05) is 0 Å². The van der Waals surface area contributed by atoms with Crippen LogP contribution in [0.4, 0.5) is 0 Å². The third-order valence-corrected chi connectivity index (χ3v) is 32.8. The second kappa shape index (κ2) is 15.7. The summed E-state index contributed by atoms with van der Waals surface area (Å²) < 4.78 is 3.50. The summed E-state index contributed by atoms with van der Waals surface area (Å²) in [6.45, 7) is 14.0. The Morgan fingerprint density at radius 3 is 1.14 bits per heavy atom. The van der Waals surface area contributed by atoms with Crippen molar-refractivity contribution in [2.24, 2.45) is 11.8 Å². The monoisotopic (exact) mass is 872 g/mol. The van der Waals surface area contributed by atoms with Crippen LogP contribution in [-0.2, 0) is 31.1 Å². The van der Waals surface area contributed by atoms with Gasteiger partial charge in [0.15, 0.2) is 0 Å². The van der Waals surface area contributed by atoms with Crippen LogP contribution in [0.1, 0.15) is 159 Å². The van der Waals surface area contributed by atoms with Gasteiger partial charge in [-0.25, -0.2) is 0 Å². The summed E-state index contributed by atoms with van der Waals surface area (Å²) in [5, 5.41) is 0. The van der Waals surface area contributed by atoms with E-state index in [0.717, 1.165) is 26.3 Å². The van der Waals surface area contributed by atoms with Crippen LogP contribution in [0.25, 0.3) is 34.4 Å². The Bertz CT molecular complexity index is 2010. The van der Waals surface area contributed by atoms with Gasteiger partial charge in [0, 0.05) is 0 Å². The van der Waals surface area contributed by atoms with Gasteiger partial charge in [-0.15, -0.1) is 0 Å². The number of halogens is 2. The molecule has 10 rings (SSSR count). The first kappa shape index (κ1) is 41.6. The van der Waals surface area contributed by atoms with Gasteiger partial charge in [0.25, 0.3) is 0 Å². The summed E-state index contributed by atoms with van der Waals surface area (Å²) >= 11 is -3.16. The Kier molecular flexibility index (Phi) is 11.4. The number of benzene rings is 4. The van der Waals surface area contributed by atoms with Crippen molar-refractivity contribution in [1.29, 1.82) is 0 Å². The van der Waals surface area contributed by atoms with Gasteiger partial charge in [0.2, 0.25) is 0 Å². The quantitative estimate of drug-likeness (QED) is 0.181. The standard InChI is InChI=1S/2C24H27.C6H10.2ClH.Zr/c2*1-24(2,3)21-13-11-18(12-14-21)22-10-6-9-19-15-20(16-23(19)22)17-7-4-5-8-17;1-2-4-6-5-3-1;;;/h2*6,9-17H,4-5,7-8H2,1-3H3;1-2H,3-6H2;2*1H;/q;;;;;+2/p-2. The third-order valence-electron chi connectivity index (χ3n) is 15.9. The van der Waals surface area contributed by atoms with E-state index in [1.54, 1.807) is 22.3 Å². The summed E-state index contributed by atoms with van der Waals surface area (Å²) in [7, 11) is 0. The number of hydrogen-bond acceptors (Lipinski definition) is 0. The van der Waals surface area contributed by atoms with Crippen LogP contribution in [0.15, 0.2) is 96.1 Å². The fourth-order valence-electron chi connectivity index (χ4n) is 13.2. The second-order valence-electron chi connectivity index (χ2n) is 20.9. The van der Waals surface area contributed by atoms with Gasteiger partial charge in [0.05, 0.1) is 0 Å². The minimum Gasteiger partial charge on any atom is -1.00 e. The van der Waals surface area contributed by atoms with Gasteiger partial charge < -0.3 is 24.8 Å². The second-order valence-corrected chi connectivity index (χ2v) is 32.3. The first-order valence-electron chi connectivity index (χ1n) is 22.5. The summed E-state index contributed by atoms with van der Waals surface area (Å²) in [6.07, 6.45) is 22.9. The van der Waals surface area contributed by atoms with Crippen molar-refractivity contribution in [3.8, 4) is 22.3 Å². The first-order valence-corrected chi connectivity index (χ1v) is 28.1. The topological polar surface area (TPSA) is 0 Å². The fraction of sp³-hybridized carbons (Fsp3) is 0.481. The SMILES string of the molecule is CC(C)(C)c1ccc(-c2cccc3c2C=C(C2CCCC2)[CH]3[Zr+2]2([CH]3C(C4CCCC4)=Cc4c(-c5ccc(C(C)(C)C)cc5)cccc43)[CH]3CCCC[CH]32)cc1.[Cl-].[Cl-]. The number of hydrogen-bond donors (Lipinski definition) is 0. The fourth-order valence-corrected chi connectivity index (χ4v) is 36.5. The molecule has 1 saturated heterocycles. The van der Waals surface area contributed by atoms with Crippen LogP contribution in [-0.4, -0.2) is 0 Å². The van der Waals surface area contributed by atoms with Crippen LogP contribution in [0.3, 0.4) is 0 Å². The molecule has 4 atom stereocenters. The molecule has 1 heterocycles. The molecule has 1 aliphatic heterocycles. The van der Waals surface area contributed by atoms with Crippen molar-refractivity contribution in [3.05, 3.63) is 129 Å². The molecule has 5 aliphatic carbocycles. The van der Waals surface area contributed by atoms with E-state index in [-0.39, 0.29) is 35.6 Å². The van der Waals surface area contributed by atoms with E-state index in [1.165, 1.54) is 110 Å². The molecule has 4 fully saturated rings. The van der Waals surface area contributed by atoms with Crippen LogP contribution < -0.4 is 24.8 Å². The van der Waals surface area contributed by atoms with Crippen LogP contribution >= 0.6 is 0 Å². The minimum atomic E-state index is -3.16. The molecule has 0 aromatic heterocycles. The van der Waals surface area contributed by atoms with Crippen molar-refractivity contribution in [1.82, 2.24) is 0 Å². The molecule has 4 aromatic carbocycles. The van der Waals surface area contributed by atoms with Crippen molar-refractivity contribution in [2.45, 2.75) is 144 Å². The maximum atomic E-state index is 2.84. The van der Waals surface area contributed by atoms with Crippen molar-refractivity contribution >= 4 is 12.2 Å². The number of fused-ring (bicyclic) bond motifs is 3. The Labute approximate surface area is 362 Å². The van der Waals surface area contributed by atoms with Crippen molar-refractivity contribution in [3.63, 3.8) is 0 Å². The summed E-state index contributed by atoms with van der Waals surface area (Å²) in [6, 6.07) is 34.5. The van der Waals surface area contributed by atoms with E-state index < -0.39 is 20.3 Å². The zero-order valence-electron chi connectivity index (χ0n) is 35.4. The third kappa shape index (κ3) is 6.89. The molecule has 0 nitrogen and oxygen atoms in total. The van der Waals surface area contributed by atoms with Crippen LogP contribution in [0.5, 0.6) is 0 Å². The largest absolute Gasteiger partial charge is 1.00 e. The molecule has 0 spiro atoms. The van der Waals surface area contributed by atoms with Gasteiger partial charge in [-0.3, -0.25) is 0 Å². The van der Waals surface area contributed by atoms with E-state index in [2.05, 4.69) is 139 Å². The van der Waals surface area contributed by atoms with Crippen LogP contribution in [0, 0.1) is 11.8 Å². The number of allylic oxidation sites excluding steroid dienone is 2. The molecule has 4 unspecified atom stereocenters. The molecule has 0 bridgehead atoms. The van der Waals surface area contributed by atoms with Gasteiger partial charge >= 0.3 is 340 Å². The summed E-state index contributed by atoms with van der Waals surface area (Å²) in [4.78, 5) is 0. The van der Waals surface area contributed by atoms with E-state index in [1.807, 2.05) is 11.1 Å². The molecule has 3 heteroatoms. The van der Waals surface area contributed by atoms with E-state index in [4.69, 9.17) is 0 Å². The van der Waals surface area contributed by atoms with Crippen molar-refractivity contribution in [2.75, 3.05) is 0 Å². The van der Waals surface area contributed by atoms with E-state index in [0.29, 0.717) is 0 Å². The predicted molar refractivity (Wildman–Crippen MR) is 232 cm³/mol. The predicted octanol–water partition coefficient (Wildman–Crippen LogP) is 9.90. The molecule has 4 aromatic rings. The maximum absolute atomic E-state index is 3.16. The smallest absolute Gasteiger partial charge is 1.00 e. The zero-order valence-corrected chi connectivity index (χ0v) is 39.4. The molecule has 6 aliphatic rings. The molecular weight excluding hydrogens is 811 g/mol. The Balaban J connectivity index is 0.00000228. The average Bonchev–Trinajstić information content (AvgIpc) is 3.85. The Hall–Kier alpha value is -2.18. The minimum absolute atomic E-state index is 0. The zero-order chi connectivity index (χ0) is 37.7. The molecular formula is C54H64Cl2Zr. The van der Waals surface area contributed by atoms with E-state index in [9.17, 15) is 0 Å². The Morgan fingerprint density at radius 2 is 0.789 bits per heavy atom. The normalized spacial score (nSPS) is 25.7. The molecule has 3 saturated carbocycles.